The number of sulfone groups is 2. The summed E-state index contributed by atoms with van der Waals surface area (Å²) in [6.45, 7) is 0. The highest BCUT2D eigenvalue weighted by molar-refractivity contribution is 8.09. The molecule has 0 atom stereocenters. The van der Waals surface area contributed by atoms with Gasteiger partial charge in [-0.2, -0.15) is 35.1 Å². The topological polar surface area (TPSA) is 88.5 Å². The molecule has 1 N–H and O–H groups in total. The molecule has 17 heteroatoms. The Kier molecular flexibility index (Phi) is 5.25. The van der Waals surface area contributed by atoms with Gasteiger partial charge in [0.2, 0.25) is 16.2 Å². The van der Waals surface area contributed by atoms with Crippen LogP contribution in [0.5, 0.6) is 5.75 Å². The largest absolute Gasteiger partial charge is 0.503 e. The summed E-state index contributed by atoms with van der Waals surface area (Å²) in [5.41, 5.74) is -16.9. The third-order valence-corrected chi connectivity index (χ3v) is 7.13. The Morgan fingerprint density at radius 2 is 0.923 bits per heavy atom. The highest BCUT2D eigenvalue weighted by atomic mass is 32.3. The van der Waals surface area contributed by atoms with Crippen LogP contribution in [-0.4, -0.2) is 33.0 Å². The van der Waals surface area contributed by atoms with Gasteiger partial charge in [0, 0.05) is 0 Å². The Bertz CT molecular complexity index is 872. The number of hydrogen-bond acceptors (Lipinski definition) is 5. The summed E-state index contributed by atoms with van der Waals surface area (Å²) in [5.74, 6) is -15.2. The first-order valence-electron chi connectivity index (χ1n) is 5.45. The van der Waals surface area contributed by atoms with E-state index in [1.807, 2.05) is 0 Å². The fourth-order valence-corrected chi connectivity index (χ4v) is 5.07. The van der Waals surface area contributed by atoms with Crippen LogP contribution in [0, 0.1) is 23.3 Å². The van der Waals surface area contributed by atoms with Gasteiger partial charge in [0.1, 0.15) is 0 Å². The zero-order chi connectivity index (χ0) is 21.0. The summed E-state index contributed by atoms with van der Waals surface area (Å²) in [6, 6.07) is 0. The lowest BCUT2D eigenvalue weighted by atomic mass is 10.2. The fraction of sp³-hybridized carbons (Fsp3) is 0.333. The average molecular weight is 444 g/mol. The molecule has 0 fully saturated rings. The highest BCUT2D eigenvalue weighted by Crippen LogP contribution is 2.47. The number of hydrogen-bond donors (Lipinski definition) is 1. The van der Waals surface area contributed by atoms with Crippen molar-refractivity contribution in [3.63, 3.8) is 0 Å². The van der Waals surface area contributed by atoms with Gasteiger partial charge in [0.25, 0.3) is 19.7 Å². The maximum atomic E-state index is 13.6. The van der Waals surface area contributed by atoms with Crippen LogP contribution in [0.25, 0.3) is 0 Å². The third kappa shape index (κ3) is 3.17. The molecule has 0 unspecified atom stereocenters. The molecule has 0 saturated carbocycles. The second-order valence-electron chi connectivity index (χ2n) is 4.33. The number of rotatable bonds is 3. The second kappa shape index (κ2) is 6.14. The molecule has 0 aromatic heterocycles. The van der Waals surface area contributed by atoms with E-state index in [-0.39, 0.29) is 0 Å². The minimum Gasteiger partial charge on any atom is -0.503 e. The van der Waals surface area contributed by atoms with Gasteiger partial charge in [-0.25, -0.2) is 25.6 Å². The van der Waals surface area contributed by atoms with Crippen LogP contribution in [0.2, 0.25) is 0 Å². The van der Waals surface area contributed by atoms with E-state index in [2.05, 4.69) is 0 Å². The lowest BCUT2D eigenvalue weighted by molar-refractivity contribution is -0.0473. The van der Waals surface area contributed by atoms with Crippen LogP contribution in [0.4, 0.5) is 43.9 Å². The highest BCUT2D eigenvalue weighted by Gasteiger charge is 2.65. The lowest BCUT2D eigenvalue weighted by Gasteiger charge is -2.22. The molecule has 1 aromatic rings. The number of halogens is 10. The summed E-state index contributed by atoms with van der Waals surface area (Å²) >= 11 is 0. The summed E-state index contributed by atoms with van der Waals surface area (Å²) in [4.78, 5) is 0. The van der Waals surface area contributed by atoms with Crippen LogP contribution in [0.1, 0.15) is 10.1 Å². The molecule has 0 aliphatic heterocycles. The van der Waals surface area contributed by atoms with E-state index in [4.69, 9.17) is 5.11 Å². The lowest BCUT2D eigenvalue weighted by Crippen LogP contribution is -2.40. The van der Waals surface area contributed by atoms with E-state index in [1.165, 1.54) is 0 Å². The first kappa shape index (κ1) is 22.3. The standard InChI is InChI=1S/C9H2F10O5S2/c10-2-1(3(11)5(13)6(20)4(2)12)7(25(21,22)8(14,15)16)26(23,24)9(17,18)19/h7,20H. The van der Waals surface area contributed by atoms with E-state index < -0.39 is 69.9 Å². The first-order valence-corrected chi connectivity index (χ1v) is 8.54. The number of alkyl halides is 6. The Labute approximate surface area is 136 Å². The van der Waals surface area contributed by atoms with E-state index >= 15 is 0 Å². The fourth-order valence-electron chi connectivity index (χ4n) is 1.56. The quantitative estimate of drug-likeness (QED) is 0.573. The van der Waals surface area contributed by atoms with Gasteiger partial charge < -0.3 is 5.11 Å². The van der Waals surface area contributed by atoms with Crippen LogP contribution in [0.3, 0.4) is 0 Å². The monoisotopic (exact) mass is 444 g/mol. The van der Waals surface area contributed by atoms with Crippen molar-refractivity contribution in [2.24, 2.45) is 0 Å². The molecule has 5 nitrogen and oxygen atoms in total. The molecule has 0 spiro atoms. The number of benzene rings is 1. The molecule has 150 valence electrons. The molecular formula is C9H2F10O5S2. The predicted molar refractivity (Wildman–Crippen MR) is 60.6 cm³/mol. The summed E-state index contributed by atoms with van der Waals surface area (Å²) in [6.07, 6.45) is 0. The molecule has 0 saturated heterocycles. The molecule has 26 heavy (non-hydrogen) atoms. The molecule has 0 aliphatic carbocycles. The Morgan fingerprint density at radius 1 is 0.654 bits per heavy atom. The van der Waals surface area contributed by atoms with Gasteiger partial charge >= 0.3 is 11.0 Å². The minimum atomic E-state index is -7.63. The van der Waals surface area contributed by atoms with Gasteiger partial charge in [-0.3, -0.25) is 0 Å². The van der Waals surface area contributed by atoms with Crippen LogP contribution in [-0.2, 0) is 19.7 Å². The van der Waals surface area contributed by atoms with Gasteiger partial charge in [-0.15, -0.1) is 0 Å². The maximum absolute atomic E-state index is 13.6. The van der Waals surface area contributed by atoms with Crippen molar-refractivity contribution in [3.05, 3.63) is 28.8 Å². The SMILES string of the molecule is O=S(=O)(C(c1c(F)c(F)c(O)c(F)c1F)S(=O)(=O)C(F)(F)F)C(F)(F)F. The van der Waals surface area contributed by atoms with Crippen molar-refractivity contribution in [3.8, 4) is 5.75 Å². The second-order valence-corrected chi connectivity index (χ2v) is 8.68. The Balaban J connectivity index is 4.19. The summed E-state index contributed by atoms with van der Waals surface area (Å²) < 4.78 is 168. The van der Waals surface area contributed by atoms with Crippen LogP contribution >= 0.6 is 0 Å². The van der Waals surface area contributed by atoms with Crippen molar-refractivity contribution in [2.75, 3.05) is 0 Å². The van der Waals surface area contributed by atoms with Crippen molar-refractivity contribution < 1.29 is 65.8 Å². The van der Waals surface area contributed by atoms with Crippen LogP contribution in [0.15, 0.2) is 0 Å². The number of aromatic hydroxyl groups is 1. The van der Waals surface area contributed by atoms with Gasteiger partial charge in [-0.1, -0.05) is 0 Å². The van der Waals surface area contributed by atoms with Crippen molar-refractivity contribution in [1.82, 2.24) is 0 Å². The van der Waals surface area contributed by atoms with Crippen molar-refractivity contribution >= 4 is 19.7 Å². The molecule has 0 amide bonds. The summed E-state index contributed by atoms with van der Waals surface area (Å²) in [5, 5.41) is 8.63. The molecule has 0 bridgehead atoms. The van der Waals surface area contributed by atoms with E-state index in [1.54, 1.807) is 0 Å². The smallest absolute Gasteiger partial charge is 0.499 e. The molecule has 0 heterocycles. The van der Waals surface area contributed by atoms with Crippen molar-refractivity contribution in [2.45, 2.75) is 15.6 Å². The normalized spacial score (nSPS) is 14.1. The first-order chi connectivity index (χ1) is 11.3. The third-order valence-electron chi connectivity index (χ3n) is 2.72. The molecule has 0 radical (unpaired) electrons. The summed E-state index contributed by atoms with van der Waals surface area (Å²) in [7, 11) is -15.3. The van der Waals surface area contributed by atoms with Gasteiger partial charge in [-0.05, 0) is 0 Å². The van der Waals surface area contributed by atoms with E-state index in [9.17, 15) is 60.7 Å². The molecular weight excluding hydrogens is 442 g/mol. The van der Waals surface area contributed by atoms with Crippen molar-refractivity contribution in [1.29, 1.82) is 0 Å². The zero-order valence-electron chi connectivity index (χ0n) is 11.3. The zero-order valence-corrected chi connectivity index (χ0v) is 12.9. The van der Waals surface area contributed by atoms with E-state index in [0.717, 1.165) is 0 Å². The number of phenolic OH excluding ortho intramolecular Hbond substituents is 1. The number of phenols is 1. The van der Waals surface area contributed by atoms with Crippen LogP contribution < -0.4 is 0 Å². The Hall–Kier alpha value is -1.78. The minimum absolute atomic E-state index is 2.57. The molecule has 1 aromatic carbocycles. The molecule has 1 rings (SSSR count). The van der Waals surface area contributed by atoms with E-state index in [0.29, 0.717) is 0 Å². The Morgan fingerprint density at radius 3 is 1.15 bits per heavy atom. The predicted octanol–water partition coefficient (Wildman–Crippen LogP) is 2.82. The molecule has 0 aliphatic rings. The average Bonchev–Trinajstić information content (AvgIpc) is 2.44. The maximum Gasteiger partial charge on any atom is 0.499 e. The van der Waals surface area contributed by atoms with Gasteiger partial charge in [0.05, 0.1) is 5.56 Å². The van der Waals surface area contributed by atoms with Gasteiger partial charge in [0.15, 0.2) is 17.4 Å².